The van der Waals surface area contributed by atoms with Crippen molar-refractivity contribution >= 4 is 26.6 Å². The van der Waals surface area contributed by atoms with Gasteiger partial charge in [-0.05, 0) is 30.7 Å². The Balaban J connectivity index is 2.64. The molecule has 6 heteroatoms. The molecule has 0 fully saturated rings. The van der Waals surface area contributed by atoms with Crippen molar-refractivity contribution < 1.29 is 8.42 Å². The molecule has 21 heavy (non-hydrogen) atoms. The molecule has 2 rings (SSSR count). The summed E-state index contributed by atoms with van der Waals surface area (Å²) in [6.45, 7) is 6.27. The lowest BCUT2D eigenvalue weighted by Gasteiger charge is -2.21. The fraction of sp³-hybridized carbons (Fsp3) is 0.267. The molecule has 2 N–H and O–H groups in total. The minimum absolute atomic E-state index is 0.183. The zero-order chi connectivity index (χ0) is 15.5. The first-order chi connectivity index (χ1) is 10.0. The minimum Gasteiger partial charge on any atom is -0.398 e. The number of hydrogen-bond donors (Lipinski definition) is 1. The van der Waals surface area contributed by atoms with Gasteiger partial charge >= 0.3 is 0 Å². The van der Waals surface area contributed by atoms with E-state index in [9.17, 15) is 8.42 Å². The average Bonchev–Trinajstić information content (AvgIpc) is 2.47. The van der Waals surface area contributed by atoms with Crippen molar-refractivity contribution in [2.24, 2.45) is 0 Å². The van der Waals surface area contributed by atoms with Crippen LogP contribution in [0.25, 0.3) is 10.9 Å². The second-order valence-electron chi connectivity index (χ2n) is 4.70. The van der Waals surface area contributed by atoms with Gasteiger partial charge < -0.3 is 5.73 Å². The molecule has 0 saturated carbocycles. The summed E-state index contributed by atoms with van der Waals surface area (Å²) in [5.41, 5.74) is 6.82. The molecule has 0 radical (unpaired) electrons. The zero-order valence-corrected chi connectivity index (χ0v) is 12.8. The predicted molar refractivity (Wildman–Crippen MR) is 85.4 cm³/mol. The number of aromatic nitrogens is 1. The molecule has 0 atom stereocenters. The Labute approximate surface area is 125 Å². The highest BCUT2D eigenvalue weighted by atomic mass is 32.2. The van der Waals surface area contributed by atoms with Crippen molar-refractivity contribution in [3.05, 3.63) is 43.1 Å². The van der Waals surface area contributed by atoms with Crippen LogP contribution in [0.1, 0.15) is 13.3 Å². The molecule has 112 valence electrons. The van der Waals surface area contributed by atoms with Gasteiger partial charge in [0.1, 0.15) is 4.90 Å². The highest BCUT2D eigenvalue weighted by molar-refractivity contribution is 7.89. The van der Waals surface area contributed by atoms with E-state index >= 15 is 0 Å². The van der Waals surface area contributed by atoms with Gasteiger partial charge in [-0.2, -0.15) is 4.31 Å². The van der Waals surface area contributed by atoms with Crippen molar-refractivity contribution in [1.29, 1.82) is 0 Å². The summed E-state index contributed by atoms with van der Waals surface area (Å²) in [5, 5.41) is 0.647. The Morgan fingerprint density at radius 2 is 2.14 bits per heavy atom. The summed E-state index contributed by atoms with van der Waals surface area (Å²) in [6, 6.07) is 6.64. The van der Waals surface area contributed by atoms with Crippen LogP contribution in [0.3, 0.4) is 0 Å². The lowest BCUT2D eigenvalue weighted by molar-refractivity contribution is 0.442. The molecule has 0 aliphatic carbocycles. The number of sulfonamides is 1. The Kier molecular flexibility index (Phi) is 4.59. The number of nitrogen functional groups attached to an aromatic ring is 1. The molecular weight excluding hydrogens is 286 g/mol. The number of benzene rings is 1. The van der Waals surface area contributed by atoms with Crippen molar-refractivity contribution in [1.82, 2.24) is 9.29 Å². The maximum atomic E-state index is 12.8. The molecule has 1 aromatic carbocycles. The monoisotopic (exact) mass is 305 g/mol. The molecule has 1 heterocycles. The summed E-state index contributed by atoms with van der Waals surface area (Å²) in [5.74, 6) is 0. The maximum Gasteiger partial charge on any atom is 0.245 e. The SMILES string of the molecule is C=CCN(CCC)S(=O)(=O)c1ccc(N)c2cccnc12. The van der Waals surface area contributed by atoms with Crippen LogP contribution < -0.4 is 5.73 Å². The number of rotatable bonds is 6. The first kappa shape index (κ1) is 15.5. The fourth-order valence-electron chi connectivity index (χ4n) is 2.22. The van der Waals surface area contributed by atoms with E-state index in [0.29, 0.717) is 23.1 Å². The summed E-state index contributed by atoms with van der Waals surface area (Å²) in [7, 11) is -3.62. The van der Waals surface area contributed by atoms with Crippen LogP contribution in [0.5, 0.6) is 0 Å². The molecule has 0 spiro atoms. The molecule has 0 amide bonds. The molecule has 5 nitrogen and oxygen atoms in total. The molecule has 0 bridgehead atoms. The third-order valence-corrected chi connectivity index (χ3v) is 5.09. The highest BCUT2D eigenvalue weighted by Crippen LogP contribution is 2.28. The zero-order valence-electron chi connectivity index (χ0n) is 12.0. The third-order valence-electron chi connectivity index (χ3n) is 3.19. The van der Waals surface area contributed by atoms with Crippen molar-refractivity contribution in [2.75, 3.05) is 18.8 Å². The Bertz CT molecular complexity index is 757. The number of fused-ring (bicyclic) bond motifs is 1. The number of pyridine rings is 1. The van der Waals surface area contributed by atoms with Crippen molar-refractivity contribution in [2.45, 2.75) is 18.2 Å². The molecule has 2 aromatic rings. The Hall–Kier alpha value is -1.92. The van der Waals surface area contributed by atoms with E-state index in [-0.39, 0.29) is 11.4 Å². The molecule has 1 aromatic heterocycles. The van der Waals surface area contributed by atoms with Crippen LogP contribution in [0.2, 0.25) is 0 Å². The van der Waals surface area contributed by atoms with Gasteiger partial charge in [-0.25, -0.2) is 8.42 Å². The van der Waals surface area contributed by atoms with Crippen LogP contribution in [-0.2, 0) is 10.0 Å². The predicted octanol–water partition coefficient (Wildman–Crippen LogP) is 2.40. The molecule has 0 unspecified atom stereocenters. The van der Waals surface area contributed by atoms with Crippen LogP contribution in [0.15, 0.2) is 48.0 Å². The first-order valence-electron chi connectivity index (χ1n) is 6.76. The molecular formula is C15H19N3O2S. The maximum absolute atomic E-state index is 12.8. The van der Waals surface area contributed by atoms with E-state index < -0.39 is 10.0 Å². The molecule has 0 aliphatic heterocycles. The van der Waals surface area contributed by atoms with Crippen LogP contribution >= 0.6 is 0 Å². The molecule has 0 saturated heterocycles. The normalized spacial score (nSPS) is 11.9. The topological polar surface area (TPSA) is 76.3 Å². The Morgan fingerprint density at radius 3 is 2.81 bits per heavy atom. The third kappa shape index (κ3) is 2.91. The van der Waals surface area contributed by atoms with E-state index in [1.807, 2.05) is 6.92 Å². The number of anilines is 1. The molecule has 0 aliphatic rings. The van der Waals surface area contributed by atoms with Crippen LogP contribution in [0.4, 0.5) is 5.69 Å². The second kappa shape index (κ2) is 6.24. The minimum atomic E-state index is -3.62. The van der Waals surface area contributed by atoms with Gasteiger partial charge in [0, 0.05) is 30.4 Å². The number of nitrogens with zero attached hydrogens (tertiary/aromatic N) is 2. The first-order valence-corrected chi connectivity index (χ1v) is 8.20. The fourth-order valence-corrected chi connectivity index (χ4v) is 3.87. The van der Waals surface area contributed by atoms with Gasteiger partial charge in [0.05, 0.1) is 5.52 Å². The largest absolute Gasteiger partial charge is 0.398 e. The standard InChI is InChI=1S/C15H19N3O2S/c1-3-10-18(11-4-2)21(19,20)14-8-7-13(16)12-6-5-9-17-15(12)14/h3,5-9H,1,4,10-11,16H2,2H3. The van der Waals surface area contributed by atoms with Crippen LogP contribution in [-0.4, -0.2) is 30.8 Å². The second-order valence-corrected chi connectivity index (χ2v) is 6.61. The van der Waals surface area contributed by atoms with E-state index in [1.165, 1.54) is 10.4 Å². The van der Waals surface area contributed by atoms with Crippen molar-refractivity contribution in [3.8, 4) is 0 Å². The highest BCUT2D eigenvalue weighted by Gasteiger charge is 2.25. The van der Waals surface area contributed by atoms with E-state index in [1.54, 1.807) is 30.5 Å². The lowest BCUT2D eigenvalue weighted by Crippen LogP contribution is -2.32. The van der Waals surface area contributed by atoms with Gasteiger partial charge in [0.25, 0.3) is 0 Å². The van der Waals surface area contributed by atoms with Gasteiger partial charge in [0.2, 0.25) is 10.0 Å². The average molecular weight is 305 g/mol. The summed E-state index contributed by atoms with van der Waals surface area (Å²) in [4.78, 5) is 4.38. The van der Waals surface area contributed by atoms with Crippen molar-refractivity contribution in [3.63, 3.8) is 0 Å². The smallest absolute Gasteiger partial charge is 0.245 e. The number of hydrogen-bond acceptors (Lipinski definition) is 4. The van der Waals surface area contributed by atoms with E-state index in [4.69, 9.17) is 5.73 Å². The Morgan fingerprint density at radius 1 is 1.38 bits per heavy atom. The van der Waals surface area contributed by atoms with E-state index in [2.05, 4.69) is 11.6 Å². The van der Waals surface area contributed by atoms with E-state index in [0.717, 1.165) is 6.42 Å². The van der Waals surface area contributed by atoms with Gasteiger partial charge in [-0.15, -0.1) is 6.58 Å². The van der Waals surface area contributed by atoms with Crippen LogP contribution in [0, 0.1) is 0 Å². The lowest BCUT2D eigenvalue weighted by atomic mass is 10.2. The van der Waals surface area contributed by atoms with Gasteiger partial charge in [-0.3, -0.25) is 4.98 Å². The summed E-state index contributed by atoms with van der Waals surface area (Å²) >= 11 is 0. The summed E-state index contributed by atoms with van der Waals surface area (Å²) in [6.07, 6.45) is 3.88. The number of nitrogens with two attached hydrogens (primary N) is 1. The quantitative estimate of drug-likeness (QED) is 0.657. The van der Waals surface area contributed by atoms with Gasteiger partial charge in [0.15, 0.2) is 0 Å². The summed E-state index contributed by atoms with van der Waals surface area (Å²) < 4.78 is 27.1. The van der Waals surface area contributed by atoms with Gasteiger partial charge in [-0.1, -0.05) is 13.0 Å².